The first-order valence-corrected chi connectivity index (χ1v) is 15.6. The maximum Gasteiger partial charge on any atom is 0.541 e. The smallest absolute Gasteiger partial charge is 0.505 e. The maximum absolute atomic E-state index is 6.98. The minimum atomic E-state index is -3.30. The first kappa shape index (κ1) is 25.5. The highest BCUT2D eigenvalue weighted by atomic mass is 32.1. The Kier molecular flexibility index (Phi) is 7.61. The largest absolute Gasteiger partial charge is 0.541 e. The molecule has 6 rings (SSSR count). The van der Waals surface area contributed by atoms with E-state index in [1.54, 1.807) is 11.3 Å². The maximum atomic E-state index is 6.98. The van der Waals surface area contributed by atoms with Gasteiger partial charge in [0.25, 0.3) is 0 Å². The Labute approximate surface area is 238 Å². The van der Waals surface area contributed by atoms with Crippen molar-refractivity contribution >= 4 is 29.6 Å². The van der Waals surface area contributed by atoms with Crippen molar-refractivity contribution in [2.45, 2.75) is 0 Å². The quantitative estimate of drug-likeness (QED) is 0.159. The van der Waals surface area contributed by atoms with Gasteiger partial charge in [-0.1, -0.05) is 84.9 Å². The van der Waals surface area contributed by atoms with Crippen LogP contribution in [0.3, 0.4) is 0 Å². The van der Waals surface area contributed by atoms with Gasteiger partial charge in [0.05, 0.1) is 4.50 Å². The van der Waals surface area contributed by atoms with Gasteiger partial charge in [0.2, 0.25) is 0 Å². The van der Waals surface area contributed by atoms with E-state index >= 15 is 0 Å². The zero-order chi connectivity index (χ0) is 27.0. The number of thiophene rings is 1. The van der Waals surface area contributed by atoms with E-state index in [4.69, 9.17) is 18.3 Å². The molecule has 6 aromatic rings. The summed E-state index contributed by atoms with van der Waals surface area (Å²) in [5.41, 5.74) is 0. The van der Waals surface area contributed by atoms with Gasteiger partial charge >= 0.3 is 8.56 Å². The van der Waals surface area contributed by atoms with Gasteiger partial charge in [0.1, 0.15) is 34.5 Å². The Bertz CT molecular complexity index is 1560. The molecule has 0 spiro atoms. The molecule has 0 amide bonds. The summed E-state index contributed by atoms with van der Waals surface area (Å²) in [5, 5.41) is 3.04. The minimum Gasteiger partial charge on any atom is -0.505 e. The summed E-state index contributed by atoms with van der Waals surface area (Å²) in [5.74, 6) is 4.21. The number of rotatable bonds is 10. The van der Waals surface area contributed by atoms with Gasteiger partial charge in [-0.05, 0) is 60.0 Å². The van der Waals surface area contributed by atoms with E-state index in [0.717, 1.165) is 21.2 Å². The SMILES string of the molecule is c1ccc(Oc2cccc(O[Si](Oc3cccc(Oc4ccccc4)c3)(c3ccccc3)c3cccs3)c2)cc1. The summed E-state index contributed by atoms with van der Waals surface area (Å²) in [6.45, 7) is 0. The van der Waals surface area contributed by atoms with E-state index in [1.165, 1.54) is 0 Å². The van der Waals surface area contributed by atoms with Crippen molar-refractivity contribution in [1.29, 1.82) is 0 Å². The van der Waals surface area contributed by atoms with Crippen LogP contribution in [-0.4, -0.2) is 8.56 Å². The van der Waals surface area contributed by atoms with Crippen LogP contribution in [0.2, 0.25) is 0 Å². The first-order valence-electron chi connectivity index (χ1n) is 12.9. The van der Waals surface area contributed by atoms with Crippen LogP contribution in [0.1, 0.15) is 0 Å². The highest BCUT2D eigenvalue weighted by Crippen LogP contribution is 2.30. The van der Waals surface area contributed by atoms with E-state index in [1.807, 2.05) is 133 Å². The second-order valence-corrected chi connectivity index (χ2v) is 13.0. The molecule has 0 aliphatic carbocycles. The molecule has 5 aromatic carbocycles. The lowest BCUT2D eigenvalue weighted by molar-refractivity contribution is 0.412. The number of hydrogen-bond acceptors (Lipinski definition) is 5. The Hall–Kier alpha value is -4.78. The van der Waals surface area contributed by atoms with Gasteiger partial charge in [-0.15, -0.1) is 11.3 Å². The van der Waals surface area contributed by atoms with Crippen molar-refractivity contribution in [3.8, 4) is 34.5 Å². The van der Waals surface area contributed by atoms with Crippen LogP contribution in [0.4, 0.5) is 0 Å². The van der Waals surface area contributed by atoms with Gasteiger partial charge in [-0.2, -0.15) is 0 Å². The third-order valence-corrected chi connectivity index (χ3v) is 10.9. The Morgan fingerprint density at radius 1 is 0.400 bits per heavy atom. The molecule has 0 bridgehead atoms. The molecule has 0 fully saturated rings. The molecule has 0 radical (unpaired) electrons. The zero-order valence-corrected chi connectivity index (χ0v) is 23.4. The van der Waals surface area contributed by atoms with Crippen LogP contribution < -0.4 is 28.0 Å². The third kappa shape index (κ3) is 5.94. The summed E-state index contributed by atoms with van der Waals surface area (Å²) in [4.78, 5) is 0. The first-order chi connectivity index (χ1) is 19.8. The highest BCUT2D eigenvalue weighted by Gasteiger charge is 2.49. The summed E-state index contributed by atoms with van der Waals surface area (Å²) >= 11 is 1.63. The molecular formula is C34H26O4SSi. The number of hydrogen-bond donors (Lipinski definition) is 0. The van der Waals surface area contributed by atoms with Crippen molar-refractivity contribution in [2.24, 2.45) is 0 Å². The van der Waals surface area contributed by atoms with Gasteiger partial charge in [0.15, 0.2) is 0 Å². The zero-order valence-electron chi connectivity index (χ0n) is 21.6. The summed E-state index contributed by atoms with van der Waals surface area (Å²) in [6, 6.07) is 49.1. The molecule has 0 aliphatic heterocycles. The van der Waals surface area contributed by atoms with Crippen LogP contribution in [0.15, 0.2) is 157 Å². The molecule has 1 aromatic heterocycles. The molecule has 1 heterocycles. The van der Waals surface area contributed by atoms with Crippen LogP contribution in [-0.2, 0) is 0 Å². The van der Waals surface area contributed by atoms with Gasteiger partial charge in [-0.25, -0.2) is 0 Å². The average Bonchev–Trinajstić information content (AvgIpc) is 3.55. The van der Waals surface area contributed by atoms with Crippen LogP contribution in [0.5, 0.6) is 34.5 Å². The fourth-order valence-electron chi connectivity index (χ4n) is 4.29. The van der Waals surface area contributed by atoms with Gasteiger partial charge in [0, 0.05) is 17.3 Å². The lowest BCUT2D eigenvalue weighted by atomic mass is 10.3. The molecule has 40 heavy (non-hydrogen) atoms. The molecule has 4 nitrogen and oxygen atoms in total. The van der Waals surface area contributed by atoms with Crippen LogP contribution in [0.25, 0.3) is 0 Å². The molecule has 0 N–H and O–H groups in total. The number of ether oxygens (including phenoxy) is 2. The highest BCUT2D eigenvalue weighted by molar-refractivity contribution is 7.26. The van der Waals surface area contributed by atoms with E-state index < -0.39 is 8.56 Å². The average molecular weight is 559 g/mol. The molecule has 0 atom stereocenters. The fourth-order valence-corrected chi connectivity index (χ4v) is 8.81. The minimum absolute atomic E-state index is 0.661. The van der Waals surface area contributed by atoms with E-state index in [2.05, 4.69) is 23.6 Å². The summed E-state index contributed by atoms with van der Waals surface area (Å²) in [6.07, 6.45) is 0. The Balaban J connectivity index is 1.38. The third-order valence-electron chi connectivity index (χ3n) is 6.09. The van der Waals surface area contributed by atoms with Crippen molar-refractivity contribution in [3.63, 3.8) is 0 Å². The lowest BCUT2D eigenvalue weighted by Gasteiger charge is -2.31. The summed E-state index contributed by atoms with van der Waals surface area (Å²) < 4.78 is 27.2. The van der Waals surface area contributed by atoms with Crippen molar-refractivity contribution in [3.05, 3.63) is 157 Å². The van der Waals surface area contributed by atoms with Crippen molar-refractivity contribution in [2.75, 3.05) is 0 Å². The molecular weight excluding hydrogens is 533 g/mol. The molecule has 0 aliphatic rings. The van der Waals surface area contributed by atoms with Crippen LogP contribution >= 0.6 is 11.3 Å². The molecule has 6 heteroatoms. The van der Waals surface area contributed by atoms with Crippen LogP contribution in [0, 0.1) is 0 Å². The standard InChI is InChI=1S/C34H26O4SSi/c1-4-13-27(14-5-1)35-29-17-10-19-31(25-29)37-40(34-23-12-24-39-34,33-21-8-3-9-22-33)38-32-20-11-18-30(26-32)36-28-15-6-2-7-16-28/h1-26H. The summed E-state index contributed by atoms with van der Waals surface area (Å²) in [7, 11) is -3.30. The normalized spacial score (nSPS) is 11.0. The van der Waals surface area contributed by atoms with Crippen molar-refractivity contribution < 1.29 is 18.3 Å². The fraction of sp³-hybridized carbons (Fsp3) is 0. The molecule has 0 unspecified atom stereocenters. The predicted octanol–water partition coefficient (Wildman–Crippen LogP) is 8.05. The predicted molar refractivity (Wildman–Crippen MR) is 163 cm³/mol. The lowest BCUT2D eigenvalue weighted by Crippen LogP contribution is -2.67. The topological polar surface area (TPSA) is 36.9 Å². The molecule has 0 saturated carbocycles. The number of benzene rings is 5. The van der Waals surface area contributed by atoms with Gasteiger partial charge in [-0.3, -0.25) is 0 Å². The second-order valence-electron chi connectivity index (χ2n) is 8.94. The van der Waals surface area contributed by atoms with Gasteiger partial charge < -0.3 is 18.3 Å². The number of para-hydroxylation sites is 2. The monoisotopic (exact) mass is 558 g/mol. The molecule has 196 valence electrons. The van der Waals surface area contributed by atoms with E-state index in [9.17, 15) is 0 Å². The Morgan fingerprint density at radius 2 is 0.850 bits per heavy atom. The van der Waals surface area contributed by atoms with Crippen molar-refractivity contribution in [1.82, 2.24) is 0 Å². The van der Waals surface area contributed by atoms with E-state index in [-0.39, 0.29) is 0 Å². The Morgan fingerprint density at radius 3 is 1.32 bits per heavy atom. The second kappa shape index (κ2) is 11.9. The molecule has 0 saturated heterocycles. The van der Waals surface area contributed by atoms with E-state index in [0.29, 0.717) is 23.0 Å².